The van der Waals surface area contributed by atoms with Gasteiger partial charge in [-0.1, -0.05) is 6.07 Å². The lowest BCUT2D eigenvalue weighted by atomic mass is 10.1. The van der Waals surface area contributed by atoms with Crippen molar-refractivity contribution in [1.29, 1.82) is 0 Å². The first kappa shape index (κ1) is 12.8. The van der Waals surface area contributed by atoms with Gasteiger partial charge >= 0.3 is 0 Å². The number of nitro benzene ring substituents is 1. The average molecular weight is 236 g/mol. The van der Waals surface area contributed by atoms with Gasteiger partial charge in [0.1, 0.15) is 0 Å². The van der Waals surface area contributed by atoms with Crippen molar-refractivity contribution in [2.45, 2.75) is 20.8 Å². The third kappa shape index (κ3) is 2.47. The van der Waals surface area contributed by atoms with Gasteiger partial charge in [0.25, 0.3) is 5.69 Å². The van der Waals surface area contributed by atoms with Crippen LogP contribution in [-0.4, -0.2) is 16.7 Å². The zero-order valence-corrected chi connectivity index (χ0v) is 9.76. The fraction of sp³-hybridized carbons (Fsp3) is 0.273. The third-order valence-electron chi connectivity index (χ3n) is 2.34. The van der Waals surface area contributed by atoms with Crippen LogP contribution in [0, 0.1) is 17.0 Å². The van der Waals surface area contributed by atoms with Gasteiger partial charge < -0.3 is 0 Å². The van der Waals surface area contributed by atoms with E-state index in [0.29, 0.717) is 5.56 Å². The van der Waals surface area contributed by atoms with E-state index in [1.54, 1.807) is 0 Å². The minimum absolute atomic E-state index is 0.116. The molecular formula is C11H12N2O4. The molecular weight excluding hydrogens is 224 g/mol. The number of rotatable bonds is 2. The zero-order chi connectivity index (χ0) is 13.2. The van der Waals surface area contributed by atoms with Gasteiger partial charge in [0.15, 0.2) is 0 Å². The van der Waals surface area contributed by atoms with E-state index in [9.17, 15) is 19.7 Å². The molecule has 0 aliphatic carbocycles. The molecule has 6 nitrogen and oxygen atoms in total. The summed E-state index contributed by atoms with van der Waals surface area (Å²) in [5.41, 5.74) is 0.428. The lowest BCUT2D eigenvalue weighted by Gasteiger charge is -2.19. The standard InChI is InChI=1S/C11H12N2O4/c1-7-10(12(8(2)14)9(3)15)5-4-6-11(7)13(16)17/h4-6H,1-3H3. The average Bonchev–Trinajstić information content (AvgIpc) is 2.19. The van der Waals surface area contributed by atoms with E-state index in [-0.39, 0.29) is 11.4 Å². The van der Waals surface area contributed by atoms with Crippen molar-refractivity contribution in [1.82, 2.24) is 0 Å². The number of imide groups is 1. The van der Waals surface area contributed by atoms with Gasteiger partial charge in [0.05, 0.1) is 16.2 Å². The molecule has 0 spiro atoms. The maximum atomic E-state index is 11.4. The Morgan fingerprint density at radius 2 is 1.76 bits per heavy atom. The molecule has 0 bridgehead atoms. The van der Waals surface area contributed by atoms with Gasteiger partial charge in [0.2, 0.25) is 11.8 Å². The van der Waals surface area contributed by atoms with Crippen LogP contribution in [0.1, 0.15) is 19.4 Å². The Hall–Kier alpha value is -2.24. The number of anilines is 1. The Balaban J connectivity index is 3.40. The molecule has 0 saturated heterocycles. The summed E-state index contributed by atoms with van der Waals surface area (Å²) in [5.74, 6) is -0.942. The van der Waals surface area contributed by atoms with E-state index in [1.165, 1.54) is 39.0 Å². The summed E-state index contributed by atoms with van der Waals surface area (Å²) in [4.78, 5) is 33.8. The topological polar surface area (TPSA) is 80.5 Å². The molecule has 0 saturated carbocycles. The van der Waals surface area contributed by atoms with Crippen LogP contribution in [0.3, 0.4) is 0 Å². The molecule has 0 radical (unpaired) electrons. The first-order valence-electron chi connectivity index (χ1n) is 4.91. The highest BCUT2D eigenvalue weighted by Gasteiger charge is 2.22. The third-order valence-corrected chi connectivity index (χ3v) is 2.34. The fourth-order valence-electron chi connectivity index (χ4n) is 1.61. The molecule has 0 fully saturated rings. The minimum atomic E-state index is -0.544. The highest BCUT2D eigenvalue weighted by Crippen LogP contribution is 2.28. The van der Waals surface area contributed by atoms with Crippen LogP contribution in [0.5, 0.6) is 0 Å². The summed E-state index contributed by atoms with van der Waals surface area (Å²) in [7, 11) is 0. The SMILES string of the molecule is CC(=O)N(C(C)=O)c1cccc([N+](=O)[O-])c1C. The van der Waals surface area contributed by atoms with Gasteiger partial charge in [-0.2, -0.15) is 0 Å². The largest absolute Gasteiger partial charge is 0.274 e. The molecule has 0 heterocycles. The first-order valence-corrected chi connectivity index (χ1v) is 4.91. The van der Waals surface area contributed by atoms with E-state index in [1.807, 2.05) is 0 Å². The van der Waals surface area contributed by atoms with Crippen molar-refractivity contribution < 1.29 is 14.5 Å². The number of nitrogens with zero attached hydrogens (tertiary/aromatic N) is 2. The van der Waals surface area contributed by atoms with E-state index >= 15 is 0 Å². The minimum Gasteiger partial charge on any atom is -0.274 e. The van der Waals surface area contributed by atoms with Crippen molar-refractivity contribution in [3.63, 3.8) is 0 Å². The molecule has 90 valence electrons. The van der Waals surface area contributed by atoms with Crippen molar-refractivity contribution in [2.75, 3.05) is 4.90 Å². The van der Waals surface area contributed by atoms with Gasteiger partial charge in [0, 0.05) is 19.9 Å². The molecule has 6 heteroatoms. The number of hydrogen-bond donors (Lipinski definition) is 0. The lowest BCUT2D eigenvalue weighted by Crippen LogP contribution is -2.33. The number of carbonyl (C=O) groups is 2. The number of carbonyl (C=O) groups excluding carboxylic acids is 2. The number of benzene rings is 1. The molecule has 2 amide bonds. The molecule has 0 unspecified atom stereocenters. The van der Waals surface area contributed by atoms with Crippen LogP contribution >= 0.6 is 0 Å². The second kappa shape index (κ2) is 4.73. The maximum absolute atomic E-state index is 11.4. The first-order chi connectivity index (χ1) is 7.86. The van der Waals surface area contributed by atoms with Crippen molar-refractivity contribution >= 4 is 23.2 Å². The predicted octanol–water partition coefficient (Wildman–Crippen LogP) is 1.80. The summed E-state index contributed by atoms with van der Waals surface area (Å²) >= 11 is 0. The molecule has 0 N–H and O–H groups in total. The Kier molecular flexibility index (Phi) is 3.57. The molecule has 1 rings (SSSR count). The van der Waals surface area contributed by atoms with Crippen molar-refractivity contribution in [3.8, 4) is 0 Å². The van der Waals surface area contributed by atoms with Crippen molar-refractivity contribution in [3.05, 3.63) is 33.9 Å². The van der Waals surface area contributed by atoms with Crippen LogP contribution < -0.4 is 4.90 Å². The molecule has 0 aliphatic heterocycles. The van der Waals surface area contributed by atoms with Crippen molar-refractivity contribution in [2.24, 2.45) is 0 Å². The molecule has 0 atom stereocenters. The van der Waals surface area contributed by atoms with Gasteiger partial charge in [-0.3, -0.25) is 24.6 Å². The summed E-state index contributed by atoms with van der Waals surface area (Å²) in [6, 6.07) is 4.28. The number of nitro groups is 1. The van der Waals surface area contributed by atoms with Crippen LogP contribution in [0.25, 0.3) is 0 Å². The predicted molar refractivity (Wildman–Crippen MR) is 61.7 cm³/mol. The number of hydrogen-bond acceptors (Lipinski definition) is 4. The van der Waals surface area contributed by atoms with E-state index in [4.69, 9.17) is 0 Å². The lowest BCUT2D eigenvalue weighted by molar-refractivity contribution is -0.385. The summed E-state index contributed by atoms with van der Waals surface area (Å²) in [6.07, 6.45) is 0. The maximum Gasteiger partial charge on any atom is 0.274 e. The molecule has 0 aromatic heterocycles. The van der Waals surface area contributed by atoms with Gasteiger partial charge in [-0.25, -0.2) is 0 Å². The Morgan fingerprint density at radius 3 is 2.18 bits per heavy atom. The summed E-state index contributed by atoms with van der Waals surface area (Å²) < 4.78 is 0. The van der Waals surface area contributed by atoms with Crippen LogP contribution in [-0.2, 0) is 9.59 Å². The zero-order valence-electron chi connectivity index (χ0n) is 9.76. The summed E-state index contributed by atoms with van der Waals surface area (Å²) in [5, 5.41) is 10.8. The second-order valence-electron chi connectivity index (χ2n) is 3.55. The Bertz CT molecular complexity index is 482. The monoisotopic (exact) mass is 236 g/mol. The van der Waals surface area contributed by atoms with Gasteiger partial charge in [-0.05, 0) is 13.0 Å². The van der Waals surface area contributed by atoms with Crippen LogP contribution in [0.4, 0.5) is 11.4 Å². The molecule has 0 aliphatic rings. The fourth-order valence-corrected chi connectivity index (χ4v) is 1.61. The normalized spacial score (nSPS) is 9.82. The van der Waals surface area contributed by atoms with E-state index in [0.717, 1.165) is 4.90 Å². The molecule has 1 aromatic carbocycles. The molecule has 1 aromatic rings. The van der Waals surface area contributed by atoms with Gasteiger partial charge in [-0.15, -0.1) is 0 Å². The Labute approximate surface area is 98.0 Å². The van der Waals surface area contributed by atoms with E-state index < -0.39 is 16.7 Å². The second-order valence-corrected chi connectivity index (χ2v) is 3.55. The highest BCUT2D eigenvalue weighted by molar-refractivity contribution is 6.13. The summed E-state index contributed by atoms with van der Waals surface area (Å²) in [6.45, 7) is 3.98. The van der Waals surface area contributed by atoms with Crippen LogP contribution in [0.15, 0.2) is 18.2 Å². The highest BCUT2D eigenvalue weighted by atomic mass is 16.6. The van der Waals surface area contributed by atoms with E-state index in [2.05, 4.69) is 0 Å². The number of amides is 2. The Morgan fingerprint density at radius 1 is 1.24 bits per heavy atom. The van der Waals surface area contributed by atoms with Crippen LogP contribution in [0.2, 0.25) is 0 Å². The smallest absolute Gasteiger partial charge is 0.274 e. The quantitative estimate of drug-likeness (QED) is 0.579. The molecule has 17 heavy (non-hydrogen) atoms.